The lowest BCUT2D eigenvalue weighted by Crippen LogP contribution is -1.91. The van der Waals surface area contributed by atoms with E-state index >= 15 is 0 Å². The van der Waals surface area contributed by atoms with Gasteiger partial charge in [0, 0.05) is 0 Å². The third-order valence-electron chi connectivity index (χ3n) is 4.82. The molecule has 3 aromatic carbocycles. The Labute approximate surface area is 127 Å². The van der Waals surface area contributed by atoms with Gasteiger partial charge in [-0.2, -0.15) is 0 Å². The van der Waals surface area contributed by atoms with Crippen LogP contribution in [0.5, 0.6) is 0 Å². The third-order valence-corrected chi connectivity index (χ3v) is 4.82. The van der Waals surface area contributed by atoms with Gasteiger partial charge >= 0.3 is 0 Å². The number of alkyl halides is 2. The van der Waals surface area contributed by atoms with Crippen molar-refractivity contribution >= 4 is 0 Å². The van der Waals surface area contributed by atoms with E-state index in [0.717, 1.165) is 22.3 Å². The van der Waals surface area contributed by atoms with Gasteiger partial charge in [0.2, 0.25) is 0 Å². The highest BCUT2D eigenvalue weighted by molar-refractivity contribution is 5.86. The Morgan fingerprint density at radius 1 is 0.500 bits per heavy atom. The quantitative estimate of drug-likeness (QED) is 0.493. The first-order chi connectivity index (χ1) is 10.8. The maximum atomic E-state index is 14.8. The van der Waals surface area contributed by atoms with Gasteiger partial charge in [-0.15, -0.1) is 0 Å². The van der Waals surface area contributed by atoms with Gasteiger partial charge in [0.05, 0.1) is 0 Å². The molecule has 0 radical (unpaired) electrons. The third kappa shape index (κ3) is 1.35. The van der Waals surface area contributed by atoms with E-state index in [1.54, 1.807) is 0 Å². The Morgan fingerprint density at radius 3 is 1.36 bits per heavy atom. The predicted molar refractivity (Wildman–Crippen MR) is 83.2 cm³/mol. The number of benzene rings is 3. The minimum Gasteiger partial charge on any atom is -0.237 e. The van der Waals surface area contributed by atoms with Gasteiger partial charge in [0.15, 0.2) is 12.3 Å². The van der Waals surface area contributed by atoms with Crippen LogP contribution in [0.15, 0.2) is 60.7 Å². The van der Waals surface area contributed by atoms with Crippen molar-refractivity contribution in [2.24, 2.45) is 0 Å². The number of fused-ring (bicyclic) bond motifs is 6. The fourth-order valence-corrected chi connectivity index (χ4v) is 3.78. The molecule has 0 N–H and O–H groups in total. The Bertz CT molecular complexity index is 849. The summed E-state index contributed by atoms with van der Waals surface area (Å²) in [4.78, 5) is 0. The summed E-state index contributed by atoms with van der Waals surface area (Å²) < 4.78 is 29.5. The highest BCUT2D eigenvalue weighted by atomic mass is 19.1. The molecule has 0 heterocycles. The standard InChI is InChI=1S/C20H12F2/c21-19-13-7-3-1-5-11(13)15-9-18-16(10-17(15)19)12-6-2-4-8-14(12)20(18)22/h1-10,19-20H. The molecule has 0 saturated carbocycles. The van der Waals surface area contributed by atoms with Crippen molar-refractivity contribution in [1.29, 1.82) is 0 Å². The summed E-state index contributed by atoms with van der Waals surface area (Å²) in [5, 5.41) is 0. The molecule has 3 aromatic rings. The summed E-state index contributed by atoms with van der Waals surface area (Å²) in [7, 11) is 0. The minimum absolute atomic E-state index is 0.656. The smallest absolute Gasteiger partial charge is 0.151 e. The molecule has 2 aliphatic carbocycles. The van der Waals surface area contributed by atoms with Crippen LogP contribution in [0.2, 0.25) is 0 Å². The first-order valence-corrected chi connectivity index (χ1v) is 7.40. The summed E-state index contributed by atoms with van der Waals surface area (Å²) in [6.45, 7) is 0. The van der Waals surface area contributed by atoms with Crippen LogP contribution in [0.25, 0.3) is 22.3 Å². The lowest BCUT2D eigenvalue weighted by Gasteiger charge is -2.08. The van der Waals surface area contributed by atoms with Crippen molar-refractivity contribution in [2.45, 2.75) is 12.3 Å². The number of hydrogen-bond donors (Lipinski definition) is 0. The van der Waals surface area contributed by atoms with Crippen LogP contribution in [-0.2, 0) is 0 Å². The van der Waals surface area contributed by atoms with Crippen LogP contribution in [0.3, 0.4) is 0 Å². The van der Waals surface area contributed by atoms with E-state index in [-0.39, 0.29) is 0 Å². The summed E-state index contributed by atoms with van der Waals surface area (Å²) in [6.07, 6.45) is -2.25. The largest absolute Gasteiger partial charge is 0.237 e. The minimum atomic E-state index is -1.12. The Balaban J connectivity index is 1.81. The van der Waals surface area contributed by atoms with Crippen LogP contribution in [0.4, 0.5) is 8.78 Å². The van der Waals surface area contributed by atoms with Gasteiger partial charge in [-0.3, -0.25) is 0 Å². The molecule has 2 aliphatic rings. The Hall–Kier alpha value is -2.48. The van der Waals surface area contributed by atoms with E-state index in [0.29, 0.717) is 22.3 Å². The summed E-state index contributed by atoms with van der Waals surface area (Å²) in [5.74, 6) is 0. The van der Waals surface area contributed by atoms with Gasteiger partial charge in [-0.1, -0.05) is 48.5 Å². The van der Waals surface area contributed by atoms with E-state index in [1.165, 1.54) is 0 Å². The van der Waals surface area contributed by atoms with Gasteiger partial charge in [0.25, 0.3) is 0 Å². The van der Waals surface area contributed by atoms with E-state index in [1.807, 2.05) is 60.7 Å². The molecule has 0 aliphatic heterocycles. The molecule has 0 fully saturated rings. The molecule has 0 bridgehead atoms. The zero-order valence-electron chi connectivity index (χ0n) is 11.7. The molecule has 0 aromatic heterocycles. The van der Waals surface area contributed by atoms with E-state index in [4.69, 9.17) is 0 Å². The molecule has 2 heteroatoms. The van der Waals surface area contributed by atoms with Gasteiger partial charge in [-0.25, -0.2) is 8.78 Å². The second-order valence-electron chi connectivity index (χ2n) is 5.93. The highest BCUT2D eigenvalue weighted by Crippen LogP contribution is 2.52. The lowest BCUT2D eigenvalue weighted by molar-refractivity contribution is 0.406. The van der Waals surface area contributed by atoms with E-state index in [9.17, 15) is 8.78 Å². The van der Waals surface area contributed by atoms with E-state index < -0.39 is 12.3 Å². The van der Waals surface area contributed by atoms with Gasteiger partial charge in [0.1, 0.15) is 0 Å². The number of hydrogen-bond acceptors (Lipinski definition) is 0. The van der Waals surface area contributed by atoms with E-state index in [2.05, 4.69) is 0 Å². The zero-order chi connectivity index (χ0) is 14.8. The van der Waals surface area contributed by atoms with Crippen LogP contribution in [-0.4, -0.2) is 0 Å². The average molecular weight is 290 g/mol. The molecule has 0 nitrogen and oxygen atoms in total. The fraction of sp³-hybridized carbons (Fsp3) is 0.100. The normalized spacial score (nSPS) is 20.3. The number of halogens is 2. The van der Waals surface area contributed by atoms with Crippen molar-refractivity contribution in [3.8, 4) is 22.3 Å². The summed E-state index contributed by atoms with van der Waals surface area (Å²) in [5.41, 5.74) is 6.11. The summed E-state index contributed by atoms with van der Waals surface area (Å²) >= 11 is 0. The Kier molecular flexibility index (Phi) is 2.22. The molecule has 0 saturated heterocycles. The maximum absolute atomic E-state index is 14.8. The van der Waals surface area contributed by atoms with Crippen molar-refractivity contribution in [1.82, 2.24) is 0 Å². The van der Waals surface area contributed by atoms with Gasteiger partial charge in [-0.05, 0) is 56.6 Å². The summed E-state index contributed by atoms with van der Waals surface area (Å²) in [6, 6.07) is 18.6. The molecule has 2 unspecified atom stereocenters. The molecular weight excluding hydrogens is 278 g/mol. The first-order valence-electron chi connectivity index (χ1n) is 7.40. The van der Waals surface area contributed by atoms with Crippen molar-refractivity contribution < 1.29 is 8.78 Å². The van der Waals surface area contributed by atoms with Crippen LogP contribution in [0, 0.1) is 0 Å². The van der Waals surface area contributed by atoms with Crippen molar-refractivity contribution in [3.05, 3.63) is 82.9 Å². The van der Waals surface area contributed by atoms with Crippen molar-refractivity contribution in [2.75, 3.05) is 0 Å². The number of rotatable bonds is 0. The van der Waals surface area contributed by atoms with Crippen LogP contribution < -0.4 is 0 Å². The van der Waals surface area contributed by atoms with Crippen molar-refractivity contribution in [3.63, 3.8) is 0 Å². The fourth-order valence-electron chi connectivity index (χ4n) is 3.78. The molecule has 0 spiro atoms. The first kappa shape index (κ1) is 12.1. The topological polar surface area (TPSA) is 0 Å². The molecule has 2 atom stereocenters. The second kappa shape index (κ2) is 4.04. The molecule has 106 valence electrons. The monoisotopic (exact) mass is 290 g/mol. The second-order valence-corrected chi connectivity index (χ2v) is 5.93. The molecule has 5 rings (SSSR count). The average Bonchev–Trinajstić information content (AvgIpc) is 3.01. The molecular formula is C20H12F2. The van der Waals surface area contributed by atoms with Gasteiger partial charge < -0.3 is 0 Å². The molecule has 0 amide bonds. The molecule has 22 heavy (non-hydrogen) atoms. The maximum Gasteiger partial charge on any atom is 0.151 e. The predicted octanol–water partition coefficient (Wildman–Crippen LogP) is 5.77. The van der Waals surface area contributed by atoms with Crippen LogP contribution in [0.1, 0.15) is 34.6 Å². The Morgan fingerprint density at radius 2 is 0.909 bits per heavy atom. The van der Waals surface area contributed by atoms with Crippen LogP contribution >= 0.6 is 0 Å². The zero-order valence-corrected chi connectivity index (χ0v) is 11.7. The lowest BCUT2D eigenvalue weighted by atomic mass is 9.97. The highest BCUT2D eigenvalue weighted by Gasteiger charge is 2.34. The SMILES string of the molecule is FC1c2ccccc2-c2cc3c(cc21)-c1ccccc1C3F.